The summed E-state index contributed by atoms with van der Waals surface area (Å²) in [6, 6.07) is 5.15. The molecule has 0 radical (unpaired) electrons. The molecule has 1 aromatic rings. The summed E-state index contributed by atoms with van der Waals surface area (Å²) in [5.74, 6) is 1.40. The quantitative estimate of drug-likeness (QED) is 0.843. The van der Waals surface area contributed by atoms with Crippen molar-refractivity contribution >= 4 is 22.4 Å². The van der Waals surface area contributed by atoms with Gasteiger partial charge < -0.3 is 10.1 Å². The van der Waals surface area contributed by atoms with Crippen LogP contribution < -0.4 is 14.8 Å². The topological polar surface area (TPSA) is 67.4 Å². The lowest BCUT2D eigenvalue weighted by molar-refractivity contribution is 0.288. The van der Waals surface area contributed by atoms with Crippen molar-refractivity contribution in [2.75, 3.05) is 26.2 Å². The van der Waals surface area contributed by atoms with Crippen molar-refractivity contribution in [1.29, 1.82) is 0 Å². The summed E-state index contributed by atoms with van der Waals surface area (Å²) >= 11 is 0. The van der Waals surface area contributed by atoms with Gasteiger partial charge in [-0.25, -0.2) is 13.1 Å². The van der Waals surface area contributed by atoms with Gasteiger partial charge >= 0.3 is 0 Å². The third kappa shape index (κ3) is 4.83. The molecule has 2 N–H and O–H groups in total. The molecule has 1 aromatic carbocycles. The molecule has 1 unspecified atom stereocenters. The first-order chi connectivity index (χ1) is 10.6. The van der Waals surface area contributed by atoms with E-state index in [9.17, 15) is 8.42 Å². The molecule has 0 bridgehead atoms. The van der Waals surface area contributed by atoms with Crippen molar-refractivity contribution in [1.82, 2.24) is 10.0 Å². The summed E-state index contributed by atoms with van der Waals surface area (Å²) in [6.45, 7) is 3.30. The molecule has 0 aromatic heterocycles. The number of nitrogens with one attached hydrogen (secondary N) is 2. The van der Waals surface area contributed by atoms with E-state index in [1.165, 1.54) is 12.8 Å². The number of sulfonamides is 1. The molecule has 2 aliphatic rings. The second-order valence-electron chi connectivity index (χ2n) is 6.12. The molecule has 0 aliphatic carbocycles. The molecule has 5 nitrogen and oxygen atoms in total. The maximum Gasteiger partial charge on any atom is 0.240 e. The standard InChI is InChI=1S/C16H24N2O3S.ClH/c19-22(20,18-9-7-13-3-1-8-17-12-13)15-5-6-16-14(11-15)4-2-10-21-16;/h5-6,11,13,17-18H,1-4,7-10,12H2;1H. The fourth-order valence-corrected chi connectivity index (χ4v) is 4.25. The van der Waals surface area contributed by atoms with Crippen molar-refractivity contribution in [2.24, 2.45) is 5.92 Å². The summed E-state index contributed by atoms with van der Waals surface area (Å²) in [7, 11) is -3.42. The van der Waals surface area contributed by atoms with Crippen molar-refractivity contribution in [3.63, 3.8) is 0 Å². The number of halogens is 1. The Morgan fingerprint density at radius 1 is 1.30 bits per heavy atom. The fraction of sp³-hybridized carbons (Fsp3) is 0.625. The lowest BCUT2D eigenvalue weighted by atomic mass is 9.96. The van der Waals surface area contributed by atoms with Crippen LogP contribution in [-0.2, 0) is 16.4 Å². The van der Waals surface area contributed by atoms with Gasteiger partial charge in [0.25, 0.3) is 0 Å². The van der Waals surface area contributed by atoms with E-state index >= 15 is 0 Å². The number of hydrogen-bond acceptors (Lipinski definition) is 4. The lowest BCUT2D eigenvalue weighted by Crippen LogP contribution is -2.33. The molecule has 130 valence electrons. The monoisotopic (exact) mass is 360 g/mol. The molecule has 0 spiro atoms. The average molecular weight is 361 g/mol. The number of piperidine rings is 1. The average Bonchev–Trinajstić information content (AvgIpc) is 2.55. The summed E-state index contributed by atoms with van der Waals surface area (Å²) < 4.78 is 33.0. The van der Waals surface area contributed by atoms with E-state index in [4.69, 9.17) is 4.74 Å². The predicted molar refractivity (Wildman–Crippen MR) is 92.9 cm³/mol. The Morgan fingerprint density at radius 2 is 2.17 bits per heavy atom. The van der Waals surface area contributed by atoms with Crippen LogP contribution in [0.3, 0.4) is 0 Å². The maximum absolute atomic E-state index is 12.4. The number of benzene rings is 1. The zero-order chi connectivity index (χ0) is 15.4. The zero-order valence-electron chi connectivity index (χ0n) is 13.2. The van der Waals surface area contributed by atoms with Gasteiger partial charge in [-0.2, -0.15) is 0 Å². The van der Waals surface area contributed by atoms with Crippen LogP contribution in [0.2, 0.25) is 0 Å². The third-order valence-corrected chi connectivity index (χ3v) is 5.89. The highest BCUT2D eigenvalue weighted by Crippen LogP contribution is 2.27. The largest absolute Gasteiger partial charge is 0.493 e. The minimum atomic E-state index is -3.42. The van der Waals surface area contributed by atoms with Crippen molar-refractivity contribution in [3.8, 4) is 5.75 Å². The summed E-state index contributed by atoms with van der Waals surface area (Å²) in [5.41, 5.74) is 0.991. The molecule has 1 saturated heterocycles. The fourth-order valence-electron chi connectivity index (χ4n) is 3.16. The summed E-state index contributed by atoms with van der Waals surface area (Å²) in [4.78, 5) is 0.346. The van der Waals surface area contributed by atoms with Crippen molar-refractivity contribution < 1.29 is 13.2 Å². The van der Waals surface area contributed by atoms with E-state index in [2.05, 4.69) is 10.0 Å². The normalized spacial score (nSPS) is 21.0. The molecule has 2 aliphatic heterocycles. The van der Waals surface area contributed by atoms with Crippen LogP contribution >= 0.6 is 12.4 Å². The molecule has 0 saturated carbocycles. The van der Waals surface area contributed by atoms with E-state index in [0.717, 1.165) is 43.7 Å². The first kappa shape index (κ1) is 18.5. The van der Waals surface area contributed by atoms with Gasteiger partial charge in [-0.05, 0) is 74.9 Å². The first-order valence-corrected chi connectivity index (χ1v) is 9.59. The minimum Gasteiger partial charge on any atom is -0.493 e. The highest BCUT2D eigenvalue weighted by molar-refractivity contribution is 7.89. The van der Waals surface area contributed by atoms with Crippen LogP contribution in [0.4, 0.5) is 0 Å². The van der Waals surface area contributed by atoms with Crippen LogP contribution in [0, 0.1) is 5.92 Å². The Morgan fingerprint density at radius 3 is 2.96 bits per heavy atom. The number of fused-ring (bicyclic) bond motifs is 1. The molecule has 1 atom stereocenters. The molecular formula is C16H25ClN2O3S. The summed E-state index contributed by atoms with van der Waals surface area (Å²) in [5, 5.41) is 3.36. The Labute approximate surface area is 144 Å². The van der Waals surface area contributed by atoms with Crippen LogP contribution in [0.5, 0.6) is 5.75 Å². The smallest absolute Gasteiger partial charge is 0.240 e. The van der Waals surface area contributed by atoms with Crippen LogP contribution in [0.25, 0.3) is 0 Å². The van der Waals surface area contributed by atoms with Crippen molar-refractivity contribution in [2.45, 2.75) is 37.0 Å². The second-order valence-corrected chi connectivity index (χ2v) is 7.89. The number of rotatable bonds is 5. The first-order valence-electron chi connectivity index (χ1n) is 8.11. The van der Waals surface area contributed by atoms with Crippen LogP contribution in [0.15, 0.2) is 23.1 Å². The highest BCUT2D eigenvalue weighted by atomic mass is 35.5. The van der Waals surface area contributed by atoms with Gasteiger partial charge in [0.1, 0.15) is 5.75 Å². The maximum atomic E-state index is 12.4. The van der Waals surface area contributed by atoms with Crippen LogP contribution in [0.1, 0.15) is 31.2 Å². The predicted octanol–water partition coefficient (Wildman–Crippen LogP) is 2.10. The van der Waals surface area contributed by atoms with E-state index < -0.39 is 10.0 Å². The van der Waals surface area contributed by atoms with Crippen molar-refractivity contribution in [3.05, 3.63) is 23.8 Å². The van der Waals surface area contributed by atoms with E-state index in [1.54, 1.807) is 18.2 Å². The lowest BCUT2D eigenvalue weighted by Gasteiger charge is -2.22. The Balaban J connectivity index is 0.00000192. The Hall–Kier alpha value is -0.820. The van der Waals surface area contributed by atoms with Gasteiger partial charge in [0.05, 0.1) is 11.5 Å². The van der Waals surface area contributed by atoms with E-state index in [0.29, 0.717) is 24.0 Å². The van der Waals surface area contributed by atoms with Gasteiger partial charge in [0, 0.05) is 6.54 Å². The zero-order valence-corrected chi connectivity index (χ0v) is 14.8. The minimum absolute atomic E-state index is 0. The molecule has 23 heavy (non-hydrogen) atoms. The number of aryl methyl sites for hydroxylation is 1. The van der Waals surface area contributed by atoms with E-state index in [-0.39, 0.29) is 12.4 Å². The van der Waals surface area contributed by atoms with Gasteiger partial charge in [0.15, 0.2) is 0 Å². The molecule has 0 amide bonds. The molecule has 1 fully saturated rings. The summed E-state index contributed by atoms with van der Waals surface area (Å²) in [6.07, 6.45) is 5.08. The Bertz CT molecular complexity index is 616. The number of hydrogen-bond donors (Lipinski definition) is 2. The second kappa shape index (κ2) is 8.33. The molecule has 2 heterocycles. The van der Waals surface area contributed by atoms with Gasteiger partial charge in [-0.1, -0.05) is 0 Å². The number of ether oxygens (including phenoxy) is 1. The highest BCUT2D eigenvalue weighted by Gasteiger charge is 2.19. The molecule has 7 heteroatoms. The van der Waals surface area contributed by atoms with Crippen LogP contribution in [-0.4, -0.2) is 34.7 Å². The Kier molecular flexibility index (Phi) is 6.71. The van der Waals surface area contributed by atoms with Gasteiger partial charge in [-0.15, -0.1) is 12.4 Å². The SMILES string of the molecule is Cl.O=S(=O)(NCCC1CCCNC1)c1ccc2c(c1)CCCO2. The van der Waals surface area contributed by atoms with Gasteiger partial charge in [0.2, 0.25) is 10.0 Å². The molecule has 3 rings (SSSR count). The van der Waals surface area contributed by atoms with Gasteiger partial charge in [-0.3, -0.25) is 0 Å². The van der Waals surface area contributed by atoms with E-state index in [1.807, 2.05) is 0 Å². The molecular weight excluding hydrogens is 336 g/mol. The third-order valence-electron chi connectivity index (χ3n) is 4.43.